The van der Waals surface area contributed by atoms with E-state index in [1.807, 2.05) is 12.4 Å². The van der Waals surface area contributed by atoms with Gasteiger partial charge in [0.1, 0.15) is 0 Å². The minimum Gasteiger partial charge on any atom is -0.309 e. The van der Waals surface area contributed by atoms with Crippen LogP contribution in [0, 0.1) is 0 Å². The number of benzene rings is 6. The molecule has 8 rings (SSSR count). The van der Waals surface area contributed by atoms with E-state index in [2.05, 4.69) is 120 Å². The monoisotopic (exact) mass is 472 g/mol. The van der Waals surface area contributed by atoms with E-state index in [9.17, 15) is 0 Å². The highest BCUT2D eigenvalue weighted by Crippen LogP contribution is 2.44. The molecule has 0 aliphatic heterocycles. The van der Waals surface area contributed by atoms with Gasteiger partial charge in [0, 0.05) is 28.9 Å². The van der Waals surface area contributed by atoms with Crippen molar-refractivity contribution in [3.05, 3.63) is 121 Å². The molecule has 0 bridgehead atoms. The molecule has 8 aromatic rings. The highest BCUT2D eigenvalue weighted by Gasteiger charge is 2.19. The zero-order valence-corrected chi connectivity index (χ0v) is 20.6. The molecule has 37 heavy (non-hydrogen) atoms. The number of hydrogen-bond donors (Lipinski definition) is 0. The third-order valence-electron chi connectivity index (χ3n) is 8.00. The molecule has 0 saturated heterocycles. The molecule has 0 spiro atoms. The molecule has 0 N–H and O–H groups in total. The Kier molecular flexibility index (Phi) is 4.24. The molecule has 6 aromatic carbocycles. The minimum atomic E-state index is 1.06. The first kappa shape index (κ1) is 20.5. The van der Waals surface area contributed by atoms with Crippen LogP contribution in [0.15, 0.2) is 116 Å². The highest BCUT2D eigenvalue weighted by atomic mass is 15.0. The Balaban J connectivity index is 1.53. The zero-order chi connectivity index (χ0) is 24.5. The standard InChI is InChI=1S/C35H24N2/c1-2-22-8-10-23(11-9-22)27-15-12-24-13-17-29-34-25(14-16-28(27)33(24)34)20-32-35(29)30-21-36-19-18-31(30)37(32)26-6-4-3-5-7-26/h3-21H,2H2,1H3. The number of nitrogens with zero attached hydrogens (tertiary/aromatic N) is 2. The van der Waals surface area contributed by atoms with E-state index in [1.54, 1.807) is 0 Å². The van der Waals surface area contributed by atoms with Gasteiger partial charge in [-0.2, -0.15) is 0 Å². The van der Waals surface area contributed by atoms with Gasteiger partial charge in [-0.1, -0.05) is 85.8 Å². The molecule has 0 atom stereocenters. The van der Waals surface area contributed by atoms with Gasteiger partial charge in [-0.3, -0.25) is 4.98 Å². The summed E-state index contributed by atoms with van der Waals surface area (Å²) in [6, 6.07) is 38.0. The molecule has 174 valence electrons. The summed E-state index contributed by atoms with van der Waals surface area (Å²) in [4.78, 5) is 4.53. The third kappa shape index (κ3) is 2.84. The van der Waals surface area contributed by atoms with E-state index >= 15 is 0 Å². The first-order valence-corrected chi connectivity index (χ1v) is 13.0. The summed E-state index contributed by atoms with van der Waals surface area (Å²) >= 11 is 0. The molecule has 0 fully saturated rings. The van der Waals surface area contributed by atoms with Gasteiger partial charge in [-0.25, -0.2) is 0 Å². The highest BCUT2D eigenvalue weighted by molar-refractivity contribution is 6.33. The van der Waals surface area contributed by atoms with Crippen LogP contribution in [0.4, 0.5) is 0 Å². The number of aromatic nitrogens is 2. The van der Waals surface area contributed by atoms with Crippen molar-refractivity contribution in [1.82, 2.24) is 9.55 Å². The van der Waals surface area contributed by atoms with Crippen LogP contribution in [-0.2, 0) is 6.42 Å². The van der Waals surface area contributed by atoms with Gasteiger partial charge in [0.25, 0.3) is 0 Å². The maximum absolute atomic E-state index is 4.53. The Labute approximate surface area is 214 Å². The molecule has 2 heteroatoms. The van der Waals surface area contributed by atoms with Gasteiger partial charge in [0.15, 0.2) is 0 Å². The molecular formula is C35H24N2. The van der Waals surface area contributed by atoms with Crippen molar-refractivity contribution in [2.45, 2.75) is 13.3 Å². The molecule has 0 amide bonds. The number of pyridine rings is 1. The molecule has 2 nitrogen and oxygen atoms in total. The fourth-order valence-electron chi connectivity index (χ4n) is 6.25. The Morgan fingerprint density at radius 3 is 2.22 bits per heavy atom. The second-order valence-electron chi connectivity index (χ2n) is 9.92. The molecule has 0 unspecified atom stereocenters. The Hall–Kier alpha value is -4.69. The van der Waals surface area contributed by atoms with Crippen LogP contribution in [0.3, 0.4) is 0 Å². The number of aryl methyl sites for hydroxylation is 1. The third-order valence-corrected chi connectivity index (χ3v) is 8.00. The van der Waals surface area contributed by atoms with Gasteiger partial charge in [-0.05, 0) is 79.7 Å². The predicted molar refractivity (Wildman–Crippen MR) is 157 cm³/mol. The van der Waals surface area contributed by atoms with Crippen LogP contribution < -0.4 is 0 Å². The molecule has 0 radical (unpaired) electrons. The smallest absolute Gasteiger partial charge is 0.0572 e. The maximum atomic E-state index is 4.53. The summed E-state index contributed by atoms with van der Waals surface area (Å²) in [5, 5.41) is 10.3. The van der Waals surface area contributed by atoms with Gasteiger partial charge < -0.3 is 4.57 Å². The summed E-state index contributed by atoms with van der Waals surface area (Å²) in [7, 11) is 0. The van der Waals surface area contributed by atoms with E-state index < -0.39 is 0 Å². The zero-order valence-electron chi connectivity index (χ0n) is 20.6. The number of hydrogen-bond acceptors (Lipinski definition) is 1. The average molecular weight is 473 g/mol. The van der Waals surface area contributed by atoms with Crippen LogP contribution in [0.25, 0.3) is 70.9 Å². The van der Waals surface area contributed by atoms with Crippen LogP contribution >= 0.6 is 0 Å². The van der Waals surface area contributed by atoms with Crippen molar-refractivity contribution in [3.63, 3.8) is 0 Å². The molecule has 2 heterocycles. The molecule has 0 saturated carbocycles. The molecular weight excluding hydrogens is 448 g/mol. The van der Waals surface area contributed by atoms with E-state index in [1.165, 1.54) is 76.5 Å². The van der Waals surface area contributed by atoms with Crippen LogP contribution in [-0.4, -0.2) is 9.55 Å². The Bertz CT molecular complexity index is 2100. The molecule has 0 aliphatic rings. The van der Waals surface area contributed by atoms with Crippen LogP contribution in [0.2, 0.25) is 0 Å². The lowest BCUT2D eigenvalue weighted by Gasteiger charge is -2.16. The van der Waals surface area contributed by atoms with Crippen molar-refractivity contribution < 1.29 is 0 Å². The van der Waals surface area contributed by atoms with Crippen molar-refractivity contribution in [2.75, 3.05) is 0 Å². The van der Waals surface area contributed by atoms with Crippen molar-refractivity contribution in [1.29, 1.82) is 0 Å². The van der Waals surface area contributed by atoms with Gasteiger partial charge in [0.05, 0.1) is 11.0 Å². The summed E-state index contributed by atoms with van der Waals surface area (Å²) in [6.07, 6.45) is 4.97. The Morgan fingerprint density at radius 1 is 0.622 bits per heavy atom. The normalized spacial score (nSPS) is 12.0. The van der Waals surface area contributed by atoms with Crippen LogP contribution in [0.1, 0.15) is 12.5 Å². The average Bonchev–Trinajstić information content (AvgIpc) is 3.30. The van der Waals surface area contributed by atoms with E-state index in [0.29, 0.717) is 0 Å². The van der Waals surface area contributed by atoms with Crippen molar-refractivity contribution >= 4 is 54.1 Å². The summed E-state index contributed by atoms with van der Waals surface area (Å²) < 4.78 is 2.38. The van der Waals surface area contributed by atoms with Crippen LogP contribution in [0.5, 0.6) is 0 Å². The first-order chi connectivity index (χ1) is 18.3. The van der Waals surface area contributed by atoms with Gasteiger partial charge in [0.2, 0.25) is 0 Å². The number of para-hydroxylation sites is 1. The summed E-state index contributed by atoms with van der Waals surface area (Å²) in [5.41, 5.74) is 7.49. The predicted octanol–water partition coefficient (Wildman–Crippen LogP) is 9.31. The second-order valence-corrected chi connectivity index (χ2v) is 9.92. The number of fused-ring (bicyclic) bond motifs is 4. The number of rotatable bonds is 3. The van der Waals surface area contributed by atoms with Gasteiger partial charge >= 0.3 is 0 Å². The van der Waals surface area contributed by atoms with E-state index in [0.717, 1.165) is 6.42 Å². The fraction of sp³-hybridized carbons (Fsp3) is 0.0571. The van der Waals surface area contributed by atoms with Gasteiger partial charge in [-0.15, -0.1) is 0 Å². The van der Waals surface area contributed by atoms with Crippen molar-refractivity contribution in [3.8, 4) is 16.8 Å². The quantitative estimate of drug-likeness (QED) is 0.234. The summed E-state index contributed by atoms with van der Waals surface area (Å²) in [5.74, 6) is 0. The topological polar surface area (TPSA) is 17.8 Å². The molecule has 0 aliphatic carbocycles. The summed E-state index contributed by atoms with van der Waals surface area (Å²) in [6.45, 7) is 2.20. The Morgan fingerprint density at radius 2 is 1.38 bits per heavy atom. The largest absolute Gasteiger partial charge is 0.309 e. The second kappa shape index (κ2) is 7.65. The molecule has 2 aromatic heterocycles. The lowest BCUT2D eigenvalue weighted by molar-refractivity contribution is 1.14. The van der Waals surface area contributed by atoms with E-state index in [4.69, 9.17) is 0 Å². The van der Waals surface area contributed by atoms with Crippen molar-refractivity contribution in [2.24, 2.45) is 0 Å². The SMILES string of the molecule is CCc1ccc(-c2ccc3ccc4c5c(ccc2c35)cc2c4c3cnccc3n2-c2ccccc2)cc1. The maximum Gasteiger partial charge on any atom is 0.0572 e. The lowest BCUT2D eigenvalue weighted by atomic mass is 9.88. The van der Waals surface area contributed by atoms with E-state index in [-0.39, 0.29) is 0 Å². The first-order valence-electron chi connectivity index (χ1n) is 13.0. The lowest BCUT2D eigenvalue weighted by Crippen LogP contribution is -1.94. The minimum absolute atomic E-state index is 1.06. The fourth-order valence-corrected chi connectivity index (χ4v) is 6.25.